The second-order valence-electron chi connectivity index (χ2n) is 4.06. The molecule has 0 aromatic carbocycles. The number of thioether (sulfide) groups is 1. The summed E-state index contributed by atoms with van der Waals surface area (Å²) < 4.78 is 0. The fraction of sp³-hybridized carbons (Fsp3) is 0.909. The van der Waals surface area contributed by atoms with Crippen LogP contribution in [-0.4, -0.2) is 49.0 Å². The van der Waals surface area contributed by atoms with Crippen molar-refractivity contribution < 1.29 is 4.79 Å². The molecule has 1 rings (SSSR count). The Morgan fingerprint density at radius 1 is 1.44 bits per heavy atom. The summed E-state index contributed by atoms with van der Waals surface area (Å²) in [7, 11) is 0. The van der Waals surface area contributed by atoms with Crippen molar-refractivity contribution in [3.63, 3.8) is 0 Å². The van der Waals surface area contributed by atoms with Gasteiger partial charge in [0, 0.05) is 13.1 Å². The molecule has 1 amide bonds. The molecule has 1 aliphatic rings. The minimum Gasteiger partial charge on any atom is -0.342 e. The van der Waals surface area contributed by atoms with E-state index in [9.17, 15) is 4.79 Å². The van der Waals surface area contributed by atoms with Gasteiger partial charge < -0.3 is 10.2 Å². The van der Waals surface area contributed by atoms with Crippen molar-refractivity contribution in [1.82, 2.24) is 10.2 Å². The van der Waals surface area contributed by atoms with Gasteiger partial charge in [0.05, 0.1) is 5.75 Å². The van der Waals surface area contributed by atoms with E-state index in [1.807, 2.05) is 11.2 Å². The zero-order valence-corrected chi connectivity index (χ0v) is 11.8. The van der Waals surface area contributed by atoms with Crippen LogP contribution in [0.3, 0.4) is 0 Å². The van der Waals surface area contributed by atoms with Crippen molar-refractivity contribution in [3.8, 4) is 0 Å². The fourth-order valence-electron chi connectivity index (χ4n) is 1.95. The first-order chi connectivity index (χ1) is 7.27. The summed E-state index contributed by atoms with van der Waals surface area (Å²) in [6.07, 6.45) is 4.30. The van der Waals surface area contributed by atoms with Gasteiger partial charge in [0.25, 0.3) is 0 Å². The number of hydrogen-bond acceptors (Lipinski definition) is 3. The van der Waals surface area contributed by atoms with Crippen LogP contribution in [0.15, 0.2) is 0 Å². The Balaban J connectivity index is 0.00000225. The van der Waals surface area contributed by atoms with Crippen molar-refractivity contribution in [2.45, 2.75) is 19.8 Å². The highest BCUT2D eigenvalue weighted by Gasteiger charge is 2.21. The van der Waals surface area contributed by atoms with E-state index in [2.05, 4.69) is 12.2 Å². The second-order valence-corrected chi connectivity index (χ2v) is 4.93. The Labute approximate surface area is 109 Å². The van der Waals surface area contributed by atoms with E-state index >= 15 is 0 Å². The summed E-state index contributed by atoms with van der Waals surface area (Å²) in [5.74, 6) is 1.71. The van der Waals surface area contributed by atoms with Gasteiger partial charge in [-0.25, -0.2) is 0 Å². The highest BCUT2D eigenvalue weighted by atomic mass is 35.5. The molecule has 0 bridgehead atoms. The van der Waals surface area contributed by atoms with Crippen molar-refractivity contribution >= 4 is 30.1 Å². The number of likely N-dealkylation sites (tertiary alicyclic amines) is 1. The van der Waals surface area contributed by atoms with Crippen LogP contribution in [0.4, 0.5) is 0 Å². The topological polar surface area (TPSA) is 32.3 Å². The molecule has 5 heteroatoms. The van der Waals surface area contributed by atoms with Gasteiger partial charge in [-0.15, -0.1) is 12.4 Å². The van der Waals surface area contributed by atoms with E-state index in [1.54, 1.807) is 11.8 Å². The third-order valence-electron chi connectivity index (χ3n) is 2.92. The average molecular weight is 267 g/mol. The average Bonchev–Trinajstić information content (AvgIpc) is 2.27. The number of hydrogen-bond donors (Lipinski definition) is 1. The van der Waals surface area contributed by atoms with E-state index in [0.717, 1.165) is 44.9 Å². The predicted molar refractivity (Wildman–Crippen MR) is 73.5 cm³/mol. The Bertz CT molecular complexity index is 196. The maximum Gasteiger partial charge on any atom is 0.232 e. The highest BCUT2D eigenvalue weighted by Crippen LogP contribution is 2.16. The third kappa shape index (κ3) is 5.41. The molecule has 0 aliphatic carbocycles. The molecule has 0 aromatic rings. The minimum absolute atomic E-state index is 0. The highest BCUT2D eigenvalue weighted by molar-refractivity contribution is 7.99. The molecule has 0 aromatic heterocycles. The summed E-state index contributed by atoms with van der Waals surface area (Å²) in [6, 6.07) is 0. The van der Waals surface area contributed by atoms with Crippen molar-refractivity contribution in [2.75, 3.05) is 38.2 Å². The Kier molecular flexibility index (Phi) is 9.18. The number of amides is 1. The van der Waals surface area contributed by atoms with E-state index in [4.69, 9.17) is 0 Å². The quantitative estimate of drug-likeness (QED) is 0.821. The molecule has 16 heavy (non-hydrogen) atoms. The molecule has 96 valence electrons. The van der Waals surface area contributed by atoms with E-state index < -0.39 is 0 Å². The van der Waals surface area contributed by atoms with Crippen molar-refractivity contribution in [3.05, 3.63) is 0 Å². The second kappa shape index (κ2) is 9.14. The zero-order chi connectivity index (χ0) is 11.1. The molecule has 0 unspecified atom stereocenters. The number of rotatable bonds is 5. The lowest BCUT2D eigenvalue weighted by atomic mass is 9.97. The lowest BCUT2D eigenvalue weighted by molar-refractivity contribution is -0.129. The number of halogens is 1. The van der Waals surface area contributed by atoms with Crippen molar-refractivity contribution in [2.24, 2.45) is 5.92 Å². The molecule has 1 saturated heterocycles. The Morgan fingerprint density at radius 3 is 2.56 bits per heavy atom. The normalized spacial score (nSPS) is 17.0. The minimum atomic E-state index is 0. The number of carbonyl (C=O) groups excluding carboxylic acids is 1. The van der Waals surface area contributed by atoms with Crippen LogP contribution >= 0.6 is 24.2 Å². The zero-order valence-electron chi connectivity index (χ0n) is 10.2. The van der Waals surface area contributed by atoms with E-state index in [-0.39, 0.29) is 12.4 Å². The van der Waals surface area contributed by atoms with Gasteiger partial charge in [0.2, 0.25) is 5.91 Å². The van der Waals surface area contributed by atoms with Crippen LogP contribution in [0.2, 0.25) is 0 Å². The Morgan fingerprint density at radius 2 is 2.06 bits per heavy atom. The number of nitrogens with one attached hydrogen (secondary N) is 1. The summed E-state index contributed by atoms with van der Waals surface area (Å²) in [5.41, 5.74) is 0. The van der Waals surface area contributed by atoms with Gasteiger partial charge in [-0.3, -0.25) is 4.79 Å². The molecular weight excluding hydrogens is 244 g/mol. The van der Waals surface area contributed by atoms with E-state index in [1.165, 1.54) is 0 Å². The van der Waals surface area contributed by atoms with Gasteiger partial charge in [0.1, 0.15) is 0 Å². The van der Waals surface area contributed by atoms with Gasteiger partial charge in [-0.1, -0.05) is 6.92 Å². The number of nitrogens with zero attached hydrogens (tertiary/aromatic N) is 1. The van der Waals surface area contributed by atoms with Gasteiger partial charge in [-0.2, -0.15) is 11.8 Å². The molecule has 1 N–H and O–H groups in total. The Hall–Kier alpha value is 0.0700. The van der Waals surface area contributed by atoms with Crippen LogP contribution in [0, 0.1) is 5.92 Å². The first kappa shape index (κ1) is 16.1. The van der Waals surface area contributed by atoms with E-state index in [0.29, 0.717) is 11.7 Å². The molecule has 0 radical (unpaired) electrons. The standard InChI is InChI=1S/C11H22N2OS.ClH/c1-3-12-8-10-4-6-13(7-5-10)11(14)9-15-2;/h10,12H,3-9H2,1-2H3;1H. The summed E-state index contributed by atoms with van der Waals surface area (Å²) in [5, 5.41) is 3.38. The summed E-state index contributed by atoms with van der Waals surface area (Å²) in [6.45, 7) is 6.20. The molecule has 1 aliphatic heterocycles. The molecule has 0 spiro atoms. The first-order valence-electron chi connectivity index (χ1n) is 5.75. The lowest BCUT2D eigenvalue weighted by Gasteiger charge is -2.32. The summed E-state index contributed by atoms with van der Waals surface area (Å²) >= 11 is 1.61. The first-order valence-corrected chi connectivity index (χ1v) is 7.14. The third-order valence-corrected chi connectivity index (χ3v) is 3.45. The van der Waals surface area contributed by atoms with Crippen LogP contribution in [0.1, 0.15) is 19.8 Å². The maximum atomic E-state index is 11.6. The van der Waals surface area contributed by atoms with Crippen LogP contribution in [0.25, 0.3) is 0 Å². The monoisotopic (exact) mass is 266 g/mol. The fourth-order valence-corrected chi connectivity index (χ4v) is 2.38. The maximum absolute atomic E-state index is 11.6. The van der Waals surface area contributed by atoms with Gasteiger partial charge >= 0.3 is 0 Å². The summed E-state index contributed by atoms with van der Waals surface area (Å²) in [4.78, 5) is 13.6. The smallest absolute Gasteiger partial charge is 0.232 e. The van der Waals surface area contributed by atoms with Crippen LogP contribution in [-0.2, 0) is 4.79 Å². The largest absolute Gasteiger partial charge is 0.342 e. The number of piperidine rings is 1. The predicted octanol–water partition coefficient (Wildman–Crippen LogP) is 1.62. The van der Waals surface area contributed by atoms with Crippen LogP contribution in [0.5, 0.6) is 0 Å². The molecule has 1 fully saturated rings. The molecule has 1 heterocycles. The van der Waals surface area contributed by atoms with Crippen LogP contribution < -0.4 is 5.32 Å². The molecule has 0 saturated carbocycles. The molecular formula is C11H23ClN2OS. The van der Waals surface area contributed by atoms with Gasteiger partial charge in [0.15, 0.2) is 0 Å². The SMILES string of the molecule is CCNCC1CCN(C(=O)CSC)CC1.Cl. The van der Waals surface area contributed by atoms with Crippen molar-refractivity contribution in [1.29, 1.82) is 0 Å². The molecule has 0 atom stereocenters. The molecule has 3 nitrogen and oxygen atoms in total. The van der Waals surface area contributed by atoms with Gasteiger partial charge in [-0.05, 0) is 38.1 Å². The number of carbonyl (C=O) groups is 1. The lowest BCUT2D eigenvalue weighted by Crippen LogP contribution is -2.41.